The van der Waals surface area contributed by atoms with E-state index in [2.05, 4.69) is 106 Å². The Hall–Kier alpha value is -1.38. The molecule has 4 aliphatic heterocycles. The number of hydrogen-bond donors (Lipinski definition) is 1. The van der Waals surface area contributed by atoms with Gasteiger partial charge in [0.15, 0.2) is 22.4 Å². The fourth-order valence-corrected chi connectivity index (χ4v) is 11.2. The third-order valence-corrected chi connectivity index (χ3v) is 17.7. The van der Waals surface area contributed by atoms with E-state index in [0.717, 1.165) is 36.0 Å². The van der Waals surface area contributed by atoms with Crippen molar-refractivity contribution in [3.63, 3.8) is 0 Å². The normalized spacial score (nSPS) is 42.6. The van der Waals surface area contributed by atoms with Crippen LogP contribution in [0.15, 0.2) is 47.1 Å². The molecule has 1 aliphatic carbocycles. The molecule has 0 amide bonds. The Bertz CT molecular complexity index is 1400. The Kier molecular flexibility index (Phi) is 12.0. The molecule has 0 aromatic carbocycles. The molecule has 1 N–H and O–H groups in total. The summed E-state index contributed by atoms with van der Waals surface area (Å²) in [7, 11) is -4.58. The highest BCUT2D eigenvalue weighted by Crippen LogP contribution is 2.52. The van der Waals surface area contributed by atoms with Crippen LogP contribution < -0.4 is 0 Å². The van der Waals surface area contributed by atoms with Crippen LogP contribution in [0.3, 0.4) is 0 Å². The number of aliphatic hydroxyl groups excluding tert-OH is 1. The van der Waals surface area contributed by atoms with Gasteiger partial charge < -0.3 is 32.9 Å². The summed E-state index contributed by atoms with van der Waals surface area (Å²) >= 11 is 0. The predicted octanol–water partition coefficient (Wildman–Crippen LogP) is 8.78. The van der Waals surface area contributed by atoms with E-state index < -0.39 is 52.3 Å². The standard InChI is InChI=1S/C41H68O8Si2/c1-14-35-27(3)18-19-40(47-35)24-32-22-31(46-40)23-34(42)28(4)20-26(2)16-15-17-30-25-44-37-36(48-51(12,13)39(6,7)8)29(5)21-33(38(43)45-32)41(30,37)49-50(9,10)11/h15-17,20-21,26-27,31-37,42H,14,18-19,22-25H2,1-13H3/b16-15+,28-20-,30-17+/t26-,27-,31-,32-,33-,34?,35+,36+,37+,40+,41+/m0/s1. The van der Waals surface area contributed by atoms with Gasteiger partial charge in [-0.25, -0.2) is 0 Å². The van der Waals surface area contributed by atoms with Gasteiger partial charge in [0.05, 0.1) is 31.0 Å². The smallest absolute Gasteiger partial charge is 0.316 e. The van der Waals surface area contributed by atoms with Crippen LogP contribution in [0.25, 0.3) is 0 Å². The molecular formula is C41H68O8Si2. The second-order valence-corrected chi connectivity index (χ2v) is 27.9. The largest absolute Gasteiger partial charge is 0.462 e. The van der Waals surface area contributed by atoms with Gasteiger partial charge in [0.25, 0.3) is 0 Å². The minimum absolute atomic E-state index is 0.0168. The molecule has 3 fully saturated rings. The van der Waals surface area contributed by atoms with Crippen molar-refractivity contribution in [1.29, 1.82) is 0 Å². The lowest BCUT2D eigenvalue weighted by Gasteiger charge is -2.52. The van der Waals surface area contributed by atoms with Crippen molar-refractivity contribution in [2.45, 2.75) is 180 Å². The van der Waals surface area contributed by atoms with Crippen LogP contribution in [0.2, 0.25) is 37.8 Å². The Morgan fingerprint density at radius 3 is 2.35 bits per heavy atom. The summed E-state index contributed by atoms with van der Waals surface area (Å²) in [5.41, 5.74) is 1.71. The summed E-state index contributed by atoms with van der Waals surface area (Å²) in [6, 6.07) is 0. The molecule has 10 heteroatoms. The number of carbonyl (C=O) groups is 1. The molecule has 288 valence electrons. The van der Waals surface area contributed by atoms with Crippen LogP contribution in [0, 0.1) is 17.8 Å². The third kappa shape index (κ3) is 8.64. The van der Waals surface area contributed by atoms with E-state index >= 15 is 0 Å². The van der Waals surface area contributed by atoms with Crippen molar-refractivity contribution in [2.24, 2.45) is 17.8 Å². The highest BCUT2D eigenvalue weighted by atomic mass is 28.4. The Morgan fingerprint density at radius 2 is 1.71 bits per heavy atom. The molecule has 0 radical (unpaired) electrons. The first-order valence-electron chi connectivity index (χ1n) is 19.6. The van der Waals surface area contributed by atoms with E-state index in [1.807, 2.05) is 13.0 Å². The zero-order valence-corrected chi connectivity index (χ0v) is 35.8. The minimum atomic E-state index is -2.31. The second kappa shape index (κ2) is 15.0. The number of aliphatic hydroxyl groups is 1. The van der Waals surface area contributed by atoms with Gasteiger partial charge in [-0.05, 0) is 93.0 Å². The van der Waals surface area contributed by atoms with Crippen LogP contribution in [-0.4, -0.2) is 82.3 Å². The summed E-state index contributed by atoms with van der Waals surface area (Å²) in [5, 5.41) is 11.4. The highest BCUT2D eigenvalue weighted by Gasteiger charge is 2.64. The van der Waals surface area contributed by atoms with E-state index in [0.29, 0.717) is 31.8 Å². The summed E-state index contributed by atoms with van der Waals surface area (Å²) in [5.74, 6) is -1.43. The van der Waals surface area contributed by atoms with Crippen LogP contribution >= 0.6 is 0 Å². The summed E-state index contributed by atoms with van der Waals surface area (Å²) in [4.78, 5) is 15.0. The molecular weight excluding hydrogens is 677 g/mol. The number of allylic oxidation sites excluding steroid dienone is 4. The van der Waals surface area contributed by atoms with Crippen molar-refractivity contribution < 1.29 is 37.7 Å². The topological polar surface area (TPSA) is 92.7 Å². The number of fused-ring (bicyclic) bond motifs is 2. The van der Waals surface area contributed by atoms with Gasteiger partial charge in [-0.1, -0.05) is 71.9 Å². The third-order valence-electron chi connectivity index (χ3n) is 12.3. The monoisotopic (exact) mass is 744 g/mol. The van der Waals surface area contributed by atoms with Crippen LogP contribution in [0.4, 0.5) is 0 Å². The molecule has 5 rings (SSSR count). The van der Waals surface area contributed by atoms with Gasteiger partial charge >= 0.3 is 5.97 Å². The molecule has 2 bridgehead atoms. The zero-order chi connectivity index (χ0) is 37.7. The molecule has 11 atom stereocenters. The SMILES string of the molecule is CC[C@H]1O[C@]2(CC[C@@H]1C)C[C@@H]1C[C@@H](CC(O)/C(C)=C\[C@@H](C)/C=C/C=C3\CO[C@@H]4[C@H](O[Si](C)(C)C(C)(C)C)C(C)=C[C@@H](C(=O)O1)[C@]34O[Si](C)(C)C)O2. The summed E-state index contributed by atoms with van der Waals surface area (Å²) in [6.45, 7) is 28.7. The van der Waals surface area contributed by atoms with Gasteiger partial charge in [0.1, 0.15) is 23.7 Å². The Labute approximate surface area is 310 Å². The quantitative estimate of drug-likeness (QED) is 0.170. The number of ether oxygens (including phenoxy) is 4. The lowest BCUT2D eigenvalue weighted by Crippen LogP contribution is -2.64. The van der Waals surface area contributed by atoms with Crippen molar-refractivity contribution in [3.05, 3.63) is 47.1 Å². The maximum absolute atomic E-state index is 15.0. The molecule has 0 aromatic heterocycles. The van der Waals surface area contributed by atoms with Gasteiger partial charge in [-0.2, -0.15) is 0 Å². The first kappa shape index (κ1) is 40.8. The minimum Gasteiger partial charge on any atom is -0.462 e. The highest BCUT2D eigenvalue weighted by molar-refractivity contribution is 6.74. The lowest BCUT2D eigenvalue weighted by atomic mass is 9.71. The fourth-order valence-electron chi connectivity index (χ4n) is 8.54. The van der Waals surface area contributed by atoms with Crippen LogP contribution in [0.5, 0.6) is 0 Å². The molecule has 51 heavy (non-hydrogen) atoms. The molecule has 1 spiro atoms. The molecule has 0 saturated carbocycles. The average molecular weight is 745 g/mol. The molecule has 0 aromatic rings. The van der Waals surface area contributed by atoms with Crippen molar-refractivity contribution >= 4 is 22.6 Å². The van der Waals surface area contributed by atoms with Gasteiger partial charge in [0, 0.05) is 25.7 Å². The first-order chi connectivity index (χ1) is 23.6. The maximum Gasteiger partial charge on any atom is 0.316 e. The Balaban J connectivity index is 1.64. The molecule has 1 unspecified atom stereocenters. The van der Waals surface area contributed by atoms with E-state index in [1.54, 1.807) is 0 Å². The van der Waals surface area contributed by atoms with Crippen molar-refractivity contribution in [2.75, 3.05) is 6.61 Å². The van der Waals surface area contributed by atoms with Crippen LogP contribution in [-0.2, 0) is 32.6 Å². The Morgan fingerprint density at radius 1 is 1.00 bits per heavy atom. The second-order valence-electron chi connectivity index (χ2n) is 18.8. The number of rotatable bonds is 5. The molecule has 4 heterocycles. The van der Waals surface area contributed by atoms with Crippen molar-refractivity contribution in [1.82, 2.24) is 0 Å². The summed E-state index contributed by atoms with van der Waals surface area (Å²) < 4.78 is 41.5. The molecule has 3 saturated heterocycles. The maximum atomic E-state index is 15.0. The van der Waals surface area contributed by atoms with E-state index in [9.17, 15) is 9.90 Å². The van der Waals surface area contributed by atoms with E-state index in [-0.39, 0.29) is 35.2 Å². The van der Waals surface area contributed by atoms with Gasteiger partial charge in [0.2, 0.25) is 0 Å². The van der Waals surface area contributed by atoms with E-state index in [1.165, 1.54) is 0 Å². The van der Waals surface area contributed by atoms with Gasteiger partial charge in [-0.3, -0.25) is 4.79 Å². The molecule has 5 aliphatic rings. The number of esters is 1. The predicted molar refractivity (Wildman–Crippen MR) is 207 cm³/mol. The van der Waals surface area contributed by atoms with E-state index in [4.69, 9.17) is 27.8 Å². The average Bonchev–Trinajstić information content (AvgIpc) is 3.35. The van der Waals surface area contributed by atoms with Crippen molar-refractivity contribution in [3.8, 4) is 0 Å². The molecule has 8 nitrogen and oxygen atoms in total. The number of hydrogen-bond acceptors (Lipinski definition) is 8. The van der Waals surface area contributed by atoms with Gasteiger partial charge in [-0.15, -0.1) is 0 Å². The van der Waals surface area contributed by atoms with Crippen LogP contribution in [0.1, 0.15) is 93.9 Å². The summed E-state index contributed by atoms with van der Waals surface area (Å²) in [6.07, 6.45) is 12.1. The first-order valence-corrected chi connectivity index (χ1v) is 25.9. The number of carbonyl (C=O) groups excluding carboxylic acids is 1. The lowest BCUT2D eigenvalue weighted by molar-refractivity contribution is -0.337. The fraction of sp³-hybridized carbons (Fsp3) is 0.780. The zero-order valence-electron chi connectivity index (χ0n) is 33.8.